The predicted octanol–water partition coefficient (Wildman–Crippen LogP) is 4.30. The molecule has 33 heavy (non-hydrogen) atoms. The minimum absolute atomic E-state index is 0.0229. The number of rotatable bonds is 7. The van der Waals surface area contributed by atoms with E-state index >= 15 is 0 Å². The highest BCUT2D eigenvalue weighted by molar-refractivity contribution is 7.92. The zero-order valence-electron chi connectivity index (χ0n) is 20.1. The highest BCUT2D eigenvalue weighted by Gasteiger charge is 2.27. The van der Waals surface area contributed by atoms with Crippen molar-refractivity contribution in [3.8, 4) is 0 Å². The summed E-state index contributed by atoms with van der Waals surface area (Å²) in [6, 6.07) is 11.9. The molecule has 0 atom stereocenters. The number of benzene rings is 2. The van der Waals surface area contributed by atoms with Crippen molar-refractivity contribution in [1.29, 1.82) is 0 Å². The number of ketones is 1. The standard InChI is InChI=1S/C26H32N2O4S/c1-17-10-18(2)22(19(3)11-17)14-28-23(13-25(27-28)26(4,5)6)24(30)16-33(31,32)21-9-7-8-20(12-21)15-29/h7-13,29H,14-16H2,1-6H3. The van der Waals surface area contributed by atoms with E-state index in [1.807, 2.05) is 41.5 Å². The van der Waals surface area contributed by atoms with Gasteiger partial charge < -0.3 is 5.11 Å². The molecule has 1 heterocycles. The van der Waals surface area contributed by atoms with Gasteiger partial charge >= 0.3 is 0 Å². The number of aliphatic hydroxyl groups is 1. The van der Waals surface area contributed by atoms with Crippen molar-refractivity contribution in [2.75, 3.05) is 5.75 Å². The third-order valence-electron chi connectivity index (χ3n) is 5.74. The van der Waals surface area contributed by atoms with E-state index < -0.39 is 21.4 Å². The normalized spacial score (nSPS) is 12.2. The molecule has 2 aromatic carbocycles. The predicted molar refractivity (Wildman–Crippen MR) is 129 cm³/mol. The maximum atomic E-state index is 13.3. The van der Waals surface area contributed by atoms with E-state index in [0.29, 0.717) is 12.1 Å². The van der Waals surface area contributed by atoms with E-state index in [4.69, 9.17) is 5.10 Å². The molecule has 0 saturated carbocycles. The third-order valence-corrected chi connectivity index (χ3v) is 7.36. The average molecular weight is 469 g/mol. The lowest BCUT2D eigenvalue weighted by Crippen LogP contribution is -2.21. The summed E-state index contributed by atoms with van der Waals surface area (Å²) < 4.78 is 27.6. The maximum Gasteiger partial charge on any atom is 0.196 e. The van der Waals surface area contributed by atoms with Gasteiger partial charge in [-0.05, 0) is 61.2 Å². The molecule has 0 aliphatic heterocycles. The molecule has 0 aliphatic carbocycles. The van der Waals surface area contributed by atoms with Crippen LogP contribution < -0.4 is 0 Å². The van der Waals surface area contributed by atoms with Crippen molar-refractivity contribution in [3.05, 3.63) is 81.7 Å². The first-order valence-electron chi connectivity index (χ1n) is 10.9. The van der Waals surface area contributed by atoms with E-state index in [2.05, 4.69) is 12.1 Å². The van der Waals surface area contributed by atoms with Crippen LogP contribution in [0.1, 0.15) is 64.8 Å². The van der Waals surface area contributed by atoms with Gasteiger partial charge in [-0.3, -0.25) is 9.48 Å². The first kappa shape index (κ1) is 24.9. The zero-order valence-corrected chi connectivity index (χ0v) is 21.0. The summed E-state index contributed by atoms with van der Waals surface area (Å²) in [5.74, 6) is -1.17. The summed E-state index contributed by atoms with van der Waals surface area (Å²) in [5, 5.41) is 14.0. The van der Waals surface area contributed by atoms with Crippen LogP contribution in [-0.4, -0.2) is 34.8 Å². The molecule has 0 amide bonds. The molecule has 0 unspecified atom stereocenters. The van der Waals surface area contributed by atoms with Gasteiger partial charge in [0.25, 0.3) is 0 Å². The van der Waals surface area contributed by atoms with E-state index in [0.717, 1.165) is 27.9 Å². The number of carbonyl (C=O) groups is 1. The lowest BCUT2D eigenvalue weighted by atomic mass is 9.92. The monoisotopic (exact) mass is 468 g/mol. The molecule has 0 saturated heterocycles. The Morgan fingerprint density at radius 2 is 1.67 bits per heavy atom. The summed E-state index contributed by atoms with van der Waals surface area (Å²) in [7, 11) is -3.88. The Balaban J connectivity index is 2.01. The number of Topliss-reactive ketones (excluding diaryl/α,β-unsaturated/α-hetero) is 1. The van der Waals surface area contributed by atoms with Gasteiger partial charge in [0, 0.05) is 5.41 Å². The number of hydrogen-bond donors (Lipinski definition) is 1. The minimum Gasteiger partial charge on any atom is -0.392 e. The van der Waals surface area contributed by atoms with Gasteiger partial charge in [0.1, 0.15) is 11.4 Å². The van der Waals surface area contributed by atoms with Gasteiger partial charge in [0.2, 0.25) is 0 Å². The van der Waals surface area contributed by atoms with Gasteiger partial charge in [-0.15, -0.1) is 0 Å². The Labute approximate surface area is 196 Å². The van der Waals surface area contributed by atoms with E-state index in [1.54, 1.807) is 22.9 Å². The second-order valence-corrected chi connectivity index (χ2v) is 11.7. The summed E-state index contributed by atoms with van der Waals surface area (Å²) in [4.78, 5) is 13.3. The number of carbonyl (C=O) groups excluding carboxylic acids is 1. The Hall–Kier alpha value is -2.77. The molecule has 7 heteroatoms. The third kappa shape index (κ3) is 5.60. The molecule has 6 nitrogen and oxygen atoms in total. The Kier molecular flexibility index (Phi) is 6.96. The average Bonchev–Trinajstić information content (AvgIpc) is 3.15. The Bertz CT molecular complexity index is 1280. The van der Waals surface area contributed by atoms with Gasteiger partial charge in [-0.1, -0.05) is 50.6 Å². The summed E-state index contributed by atoms with van der Waals surface area (Å²) >= 11 is 0. The fraction of sp³-hybridized carbons (Fsp3) is 0.385. The van der Waals surface area contributed by atoms with Crippen LogP contribution >= 0.6 is 0 Å². The first-order chi connectivity index (χ1) is 15.3. The summed E-state index contributed by atoms with van der Waals surface area (Å²) in [6.07, 6.45) is 0. The summed E-state index contributed by atoms with van der Waals surface area (Å²) in [5.41, 5.74) is 5.63. The van der Waals surface area contributed by atoms with Crippen LogP contribution in [0.5, 0.6) is 0 Å². The minimum atomic E-state index is -3.88. The van der Waals surface area contributed by atoms with Crippen molar-refractivity contribution >= 4 is 15.6 Å². The number of hydrogen-bond acceptors (Lipinski definition) is 5. The lowest BCUT2D eigenvalue weighted by molar-refractivity contribution is 0.101. The fourth-order valence-electron chi connectivity index (χ4n) is 3.90. The van der Waals surface area contributed by atoms with Crippen LogP contribution in [0.2, 0.25) is 0 Å². The maximum absolute atomic E-state index is 13.3. The Morgan fingerprint density at radius 1 is 1.03 bits per heavy atom. The molecule has 1 aromatic heterocycles. The Morgan fingerprint density at radius 3 is 2.24 bits per heavy atom. The topological polar surface area (TPSA) is 89.3 Å². The quantitative estimate of drug-likeness (QED) is 0.522. The van der Waals surface area contributed by atoms with Gasteiger partial charge in [-0.2, -0.15) is 5.10 Å². The second kappa shape index (κ2) is 9.23. The molecule has 1 N–H and O–H groups in total. The van der Waals surface area contributed by atoms with Crippen LogP contribution in [0.25, 0.3) is 0 Å². The highest BCUT2D eigenvalue weighted by Crippen LogP contribution is 2.25. The largest absolute Gasteiger partial charge is 0.392 e. The van der Waals surface area contributed by atoms with Crippen LogP contribution in [0.3, 0.4) is 0 Å². The fourth-order valence-corrected chi connectivity index (χ4v) is 5.18. The molecule has 3 aromatic rings. The van der Waals surface area contributed by atoms with E-state index in [1.165, 1.54) is 12.1 Å². The van der Waals surface area contributed by atoms with Crippen LogP contribution in [-0.2, 0) is 28.4 Å². The zero-order chi connectivity index (χ0) is 24.6. The molecule has 0 radical (unpaired) electrons. The SMILES string of the molecule is Cc1cc(C)c(Cn2nc(C(C)(C)C)cc2C(=O)CS(=O)(=O)c2cccc(CO)c2)c(C)c1. The number of aromatic nitrogens is 2. The second-order valence-electron chi connectivity index (χ2n) is 9.69. The van der Waals surface area contributed by atoms with Gasteiger partial charge in [-0.25, -0.2) is 8.42 Å². The molecule has 0 aliphatic rings. The van der Waals surface area contributed by atoms with Crippen molar-refractivity contribution in [2.24, 2.45) is 0 Å². The van der Waals surface area contributed by atoms with Gasteiger partial charge in [0.15, 0.2) is 15.6 Å². The van der Waals surface area contributed by atoms with Crippen molar-refractivity contribution in [1.82, 2.24) is 9.78 Å². The van der Waals surface area contributed by atoms with E-state index in [9.17, 15) is 18.3 Å². The van der Waals surface area contributed by atoms with Crippen LogP contribution in [0.15, 0.2) is 47.4 Å². The number of aliphatic hydroxyl groups excluding tert-OH is 1. The number of aryl methyl sites for hydroxylation is 3. The van der Waals surface area contributed by atoms with Crippen LogP contribution in [0, 0.1) is 20.8 Å². The van der Waals surface area contributed by atoms with Gasteiger partial charge in [0.05, 0.1) is 23.7 Å². The summed E-state index contributed by atoms with van der Waals surface area (Å²) in [6.45, 7) is 12.2. The molecule has 0 bridgehead atoms. The molecular weight excluding hydrogens is 436 g/mol. The first-order valence-corrected chi connectivity index (χ1v) is 12.6. The van der Waals surface area contributed by atoms with Crippen molar-refractivity contribution in [2.45, 2.75) is 65.0 Å². The van der Waals surface area contributed by atoms with E-state index in [-0.39, 0.29) is 22.6 Å². The van der Waals surface area contributed by atoms with Crippen molar-refractivity contribution < 1.29 is 18.3 Å². The molecule has 0 fully saturated rings. The number of nitrogens with zero attached hydrogens (tertiary/aromatic N) is 2. The highest BCUT2D eigenvalue weighted by atomic mass is 32.2. The molecule has 0 spiro atoms. The lowest BCUT2D eigenvalue weighted by Gasteiger charge is -2.15. The molecule has 176 valence electrons. The molecular formula is C26H32N2O4S. The number of sulfone groups is 1. The smallest absolute Gasteiger partial charge is 0.196 e. The van der Waals surface area contributed by atoms with Crippen LogP contribution in [0.4, 0.5) is 0 Å². The van der Waals surface area contributed by atoms with Crippen molar-refractivity contribution in [3.63, 3.8) is 0 Å². The molecule has 3 rings (SSSR count).